The minimum Gasteiger partial charge on any atom is -0.378 e. The van der Waals surface area contributed by atoms with E-state index in [1.165, 1.54) is 11.3 Å². The van der Waals surface area contributed by atoms with Gasteiger partial charge < -0.3 is 19.9 Å². The molecule has 1 aliphatic heterocycles. The molecule has 0 spiro atoms. The van der Waals surface area contributed by atoms with E-state index in [9.17, 15) is 4.79 Å². The maximum absolute atomic E-state index is 13.3. The Morgan fingerprint density at radius 3 is 2.84 bits per heavy atom. The van der Waals surface area contributed by atoms with E-state index in [-0.39, 0.29) is 17.6 Å². The van der Waals surface area contributed by atoms with E-state index in [2.05, 4.69) is 25.2 Å². The minimum atomic E-state index is 0.00250. The average molecular weight is 452 g/mol. The molecule has 0 bridgehead atoms. The van der Waals surface area contributed by atoms with Gasteiger partial charge >= 0.3 is 0 Å². The zero-order valence-corrected chi connectivity index (χ0v) is 18.8. The highest BCUT2D eigenvalue weighted by molar-refractivity contribution is 7.12. The fourth-order valence-electron chi connectivity index (χ4n) is 4.25. The molecule has 5 heterocycles. The number of methoxy groups -OCH3 is 1. The predicted molar refractivity (Wildman–Crippen MR) is 125 cm³/mol. The van der Waals surface area contributed by atoms with Crippen LogP contribution in [0.1, 0.15) is 11.4 Å². The maximum atomic E-state index is 13.3. The molecule has 0 saturated carbocycles. The van der Waals surface area contributed by atoms with Gasteiger partial charge in [0.1, 0.15) is 11.6 Å². The predicted octanol–water partition coefficient (Wildman–Crippen LogP) is 1.77. The quantitative estimate of drug-likeness (QED) is 0.442. The van der Waals surface area contributed by atoms with E-state index in [0.717, 1.165) is 35.4 Å². The first-order valence-corrected chi connectivity index (χ1v) is 11.4. The number of likely N-dealkylation sites (N-methyl/N-ethyl adjacent to an activating group) is 1. The number of aromatic amines is 1. The first kappa shape index (κ1) is 20.8. The highest BCUT2D eigenvalue weighted by atomic mass is 32.1. The SMILES string of the molecule is CNC1CN(c2ccc3c(=O)c(CCc4ncc[nH]4)cn(-c4nccs4)c3n2)CC1OC. The molecule has 0 aromatic carbocycles. The van der Waals surface area contributed by atoms with Gasteiger partial charge in [0.25, 0.3) is 0 Å². The Morgan fingerprint density at radius 1 is 1.25 bits per heavy atom. The van der Waals surface area contributed by atoms with Gasteiger partial charge in [-0.15, -0.1) is 11.3 Å². The Morgan fingerprint density at radius 2 is 2.16 bits per heavy atom. The summed E-state index contributed by atoms with van der Waals surface area (Å²) in [6, 6.07) is 4.04. The van der Waals surface area contributed by atoms with Crippen LogP contribution >= 0.6 is 11.3 Å². The normalized spacial score (nSPS) is 18.6. The van der Waals surface area contributed by atoms with Crippen LogP contribution in [0, 0.1) is 0 Å². The molecule has 9 nitrogen and oxygen atoms in total. The van der Waals surface area contributed by atoms with Crippen LogP contribution in [-0.2, 0) is 17.6 Å². The monoisotopic (exact) mass is 451 g/mol. The minimum absolute atomic E-state index is 0.00250. The molecule has 5 rings (SSSR count). The fourth-order valence-corrected chi connectivity index (χ4v) is 4.87. The van der Waals surface area contributed by atoms with Crippen LogP contribution < -0.4 is 15.6 Å². The van der Waals surface area contributed by atoms with E-state index in [0.29, 0.717) is 23.9 Å². The molecule has 2 unspecified atom stereocenters. The molecular formula is C22H25N7O2S. The first-order chi connectivity index (χ1) is 15.7. The third-order valence-corrected chi connectivity index (χ3v) is 6.76. The van der Waals surface area contributed by atoms with Gasteiger partial charge in [-0.2, -0.15) is 0 Å². The van der Waals surface area contributed by atoms with Crippen LogP contribution in [0.25, 0.3) is 16.2 Å². The van der Waals surface area contributed by atoms with Crippen LogP contribution in [0.4, 0.5) is 5.82 Å². The van der Waals surface area contributed by atoms with Crippen LogP contribution in [-0.4, -0.2) is 63.9 Å². The van der Waals surface area contributed by atoms with Gasteiger partial charge in [0.15, 0.2) is 16.2 Å². The number of aryl methyl sites for hydroxylation is 2. The molecule has 0 amide bonds. The van der Waals surface area contributed by atoms with Gasteiger partial charge in [0.05, 0.1) is 17.5 Å². The number of hydrogen-bond donors (Lipinski definition) is 2. The number of anilines is 1. The molecule has 166 valence electrons. The van der Waals surface area contributed by atoms with E-state index in [4.69, 9.17) is 9.72 Å². The zero-order chi connectivity index (χ0) is 22.1. The van der Waals surface area contributed by atoms with Crippen LogP contribution in [0.15, 0.2) is 47.1 Å². The Hall–Kier alpha value is -3.08. The van der Waals surface area contributed by atoms with E-state index < -0.39 is 0 Å². The summed E-state index contributed by atoms with van der Waals surface area (Å²) in [5.41, 5.74) is 1.34. The number of thiazole rings is 1. The molecular weight excluding hydrogens is 426 g/mol. The largest absolute Gasteiger partial charge is 0.378 e. The molecule has 2 N–H and O–H groups in total. The summed E-state index contributed by atoms with van der Waals surface area (Å²) in [5, 5.41) is 6.61. The Bertz CT molecular complexity index is 1240. The highest BCUT2D eigenvalue weighted by Crippen LogP contribution is 2.24. The summed E-state index contributed by atoms with van der Waals surface area (Å²) in [4.78, 5) is 32.2. The van der Waals surface area contributed by atoms with Crippen LogP contribution in [0.5, 0.6) is 0 Å². The molecule has 1 fully saturated rings. The average Bonchev–Trinajstić information content (AvgIpc) is 3.60. The summed E-state index contributed by atoms with van der Waals surface area (Å²) in [6.45, 7) is 1.53. The van der Waals surface area contributed by atoms with Crippen molar-refractivity contribution in [3.05, 3.63) is 63.9 Å². The second kappa shape index (κ2) is 8.81. The maximum Gasteiger partial charge on any atom is 0.195 e. The second-order valence-corrected chi connectivity index (χ2v) is 8.69. The second-order valence-electron chi connectivity index (χ2n) is 7.82. The molecule has 0 radical (unpaired) electrons. The van der Waals surface area contributed by atoms with Gasteiger partial charge in [-0.1, -0.05) is 0 Å². The number of rotatable bonds is 7. The smallest absolute Gasteiger partial charge is 0.195 e. The molecule has 1 aliphatic rings. The number of nitrogens with one attached hydrogen (secondary N) is 2. The third kappa shape index (κ3) is 3.81. The van der Waals surface area contributed by atoms with E-state index >= 15 is 0 Å². The topological polar surface area (TPSA) is 101 Å². The number of pyridine rings is 2. The summed E-state index contributed by atoms with van der Waals surface area (Å²) in [5.74, 6) is 1.69. The van der Waals surface area contributed by atoms with Gasteiger partial charge in [0, 0.05) is 62.4 Å². The van der Waals surface area contributed by atoms with Crippen molar-refractivity contribution in [1.82, 2.24) is 29.8 Å². The van der Waals surface area contributed by atoms with Crippen molar-refractivity contribution >= 4 is 28.2 Å². The molecule has 4 aromatic heterocycles. The van der Waals surface area contributed by atoms with Gasteiger partial charge in [0.2, 0.25) is 0 Å². The van der Waals surface area contributed by atoms with Gasteiger partial charge in [-0.05, 0) is 25.6 Å². The lowest BCUT2D eigenvalue weighted by molar-refractivity contribution is 0.0996. The Labute approximate surface area is 189 Å². The van der Waals surface area contributed by atoms with Crippen molar-refractivity contribution in [2.45, 2.75) is 25.0 Å². The summed E-state index contributed by atoms with van der Waals surface area (Å²) in [6.07, 6.45) is 8.48. The fraction of sp³-hybridized carbons (Fsp3) is 0.364. The highest BCUT2D eigenvalue weighted by Gasteiger charge is 2.32. The van der Waals surface area contributed by atoms with Gasteiger partial charge in [-0.3, -0.25) is 9.36 Å². The van der Waals surface area contributed by atoms with Crippen molar-refractivity contribution in [3.8, 4) is 5.13 Å². The number of nitrogens with zero attached hydrogens (tertiary/aromatic N) is 5. The zero-order valence-electron chi connectivity index (χ0n) is 18.0. The molecule has 4 aromatic rings. The van der Waals surface area contributed by atoms with Crippen LogP contribution in [0.3, 0.4) is 0 Å². The standard InChI is InChI=1S/C22H25N7O2S/c1-23-16-12-28(13-17(16)31-2)19-6-4-15-20(30)14(3-5-18-24-7-8-25-18)11-29(21(15)27-19)22-26-9-10-32-22/h4,6-11,16-17,23H,3,5,12-13H2,1-2H3,(H,24,25). The number of aromatic nitrogens is 5. The summed E-state index contributed by atoms with van der Waals surface area (Å²) < 4.78 is 7.56. The summed E-state index contributed by atoms with van der Waals surface area (Å²) in [7, 11) is 3.68. The summed E-state index contributed by atoms with van der Waals surface area (Å²) >= 11 is 1.52. The Balaban J connectivity index is 1.56. The van der Waals surface area contributed by atoms with Crippen molar-refractivity contribution < 1.29 is 4.74 Å². The van der Waals surface area contributed by atoms with Crippen molar-refractivity contribution in [2.75, 3.05) is 32.1 Å². The van der Waals surface area contributed by atoms with E-state index in [1.807, 2.05) is 35.3 Å². The lowest BCUT2D eigenvalue weighted by Gasteiger charge is -2.18. The molecule has 0 aliphatic carbocycles. The third-order valence-electron chi connectivity index (χ3n) is 5.98. The van der Waals surface area contributed by atoms with E-state index in [1.54, 1.807) is 25.7 Å². The number of ether oxygens (including phenoxy) is 1. The number of H-pyrrole nitrogens is 1. The Kier molecular flexibility index (Phi) is 5.73. The van der Waals surface area contributed by atoms with Gasteiger partial charge in [-0.25, -0.2) is 15.0 Å². The number of imidazole rings is 1. The molecule has 1 saturated heterocycles. The lowest BCUT2D eigenvalue weighted by atomic mass is 10.1. The molecule has 32 heavy (non-hydrogen) atoms. The lowest BCUT2D eigenvalue weighted by Crippen LogP contribution is -2.37. The van der Waals surface area contributed by atoms with Crippen LogP contribution in [0.2, 0.25) is 0 Å². The van der Waals surface area contributed by atoms with Crippen molar-refractivity contribution in [2.24, 2.45) is 0 Å². The number of hydrogen-bond acceptors (Lipinski definition) is 8. The van der Waals surface area contributed by atoms with Crippen molar-refractivity contribution in [3.63, 3.8) is 0 Å². The first-order valence-electron chi connectivity index (χ1n) is 10.6. The molecule has 2 atom stereocenters. The van der Waals surface area contributed by atoms with Crippen molar-refractivity contribution in [1.29, 1.82) is 0 Å². The molecule has 10 heteroatoms. The number of fused-ring (bicyclic) bond motifs is 1.